The highest BCUT2D eigenvalue weighted by molar-refractivity contribution is 6.09. The average molecular weight is 372 g/mol. The van der Waals surface area contributed by atoms with Crippen molar-refractivity contribution in [1.29, 1.82) is 5.41 Å². The molecule has 0 atom stereocenters. The van der Waals surface area contributed by atoms with Gasteiger partial charge in [-0.2, -0.15) is 5.10 Å². The summed E-state index contributed by atoms with van der Waals surface area (Å²) >= 11 is 0. The van der Waals surface area contributed by atoms with Gasteiger partial charge >= 0.3 is 0 Å². The van der Waals surface area contributed by atoms with Crippen LogP contribution in [0.2, 0.25) is 0 Å². The summed E-state index contributed by atoms with van der Waals surface area (Å²) in [7, 11) is 1.79. The van der Waals surface area contributed by atoms with Gasteiger partial charge in [-0.1, -0.05) is 18.2 Å². The van der Waals surface area contributed by atoms with Gasteiger partial charge in [-0.25, -0.2) is 14.4 Å². The summed E-state index contributed by atoms with van der Waals surface area (Å²) < 4.78 is 14.3. The van der Waals surface area contributed by atoms with Crippen LogP contribution in [0.5, 0.6) is 0 Å². The van der Waals surface area contributed by atoms with E-state index in [0.717, 1.165) is 22.0 Å². The first-order valence-corrected chi connectivity index (χ1v) is 8.65. The molecule has 0 spiro atoms. The van der Waals surface area contributed by atoms with Crippen LogP contribution in [0, 0.1) is 11.2 Å². The Morgan fingerprint density at radius 2 is 1.96 bits per heavy atom. The third-order valence-corrected chi connectivity index (χ3v) is 4.45. The number of nitrogens with zero attached hydrogens (tertiary/aromatic N) is 3. The van der Waals surface area contributed by atoms with Gasteiger partial charge in [0, 0.05) is 47.7 Å². The van der Waals surface area contributed by atoms with Crippen LogP contribution in [0.3, 0.4) is 0 Å². The molecule has 0 aliphatic heterocycles. The Bertz CT molecular complexity index is 1190. The van der Waals surface area contributed by atoms with E-state index in [1.54, 1.807) is 37.6 Å². The van der Waals surface area contributed by atoms with Crippen LogP contribution in [0.1, 0.15) is 5.56 Å². The molecular formula is C21H17FN6. The molecule has 138 valence electrons. The second kappa shape index (κ2) is 7.40. The molecule has 0 unspecified atom stereocenters. The molecule has 0 amide bonds. The van der Waals surface area contributed by atoms with Crippen molar-refractivity contribution in [1.82, 2.24) is 25.5 Å². The Morgan fingerprint density at radius 1 is 1.11 bits per heavy atom. The normalized spacial score (nSPS) is 11.6. The molecule has 2 aromatic heterocycles. The van der Waals surface area contributed by atoms with E-state index < -0.39 is 0 Å². The second-order valence-electron chi connectivity index (χ2n) is 6.11. The van der Waals surface area contributed by atoms with E-state index in [2.05, 4.69) is 25.5 Å². The zero-order chi connectivity index (χ0) is 19.5. The number of hydrogen-bond donors (Lipinski definition) is 3. The van der Waals surface area contributed by atoms with Gasteiger partial charge in [0.2, 0.25) is 0 Å². The lowest BCUT2D eigenvalue weighted by Crippen LogP contribution is -1.98. The van der Waals surface area contributed by atoms with Crippen molar-refractivity contribution in [3.8, 4) is 22.5 Å². The predicted molar refractivity (Wildman–Crippen MR) is 108 cm³/mol. The van der Waals surface area contributed by atoms with E-state index in [1.807, 2.05) is 18.2 Å². The molecule has 4 rings (SSSR count). The number of nitrogens with one attached hydrogen (secondary N) is 3. The first-order valence-electron chi connectivity index (χ1n) is 8.65. The molecule has 0 saturated carbocycles. The molecule has 4 aromatic rings. The van der Waals surface area contributed by atoms with Crippen LogP contribution in [0.4, 0.5) is 4.39 Å². The minimum atomic E-state index is -0.343. The predicted octanol–water partition coefficient (Wildman–Crippen LogP) is 4.04. The number of aromatic nitrogens is 4. The highest BCUT2D eigenvalue weighted by Crippen LogP contribution is 2.34. The SMILES string of the molecule is CN/C=C(\C=N)c1ccc2c(-c3c[nH]nc3-c3ccccc3F)ncnc2c1. The topological polar surface area (TPSA) is 90.3 Å². The minimum absolute atomic E-state index is 0.343. The van der Waals surface area contributed by atoms with Gasteiger partial charge in [-0.15, -0.1) is 0 Å². The highest BCUT2D eigenvalue weighted by Gasteiger charge is 2.17. The van der Waals surface area contributed by atoms with Crippen molar-refractivity contribution in [2.45, 2.75) is 0 Å². The zero-order valence-electron chi connectivity index (χ0n) is 15.1. The minimum Gasteiger partial charge on any atom is -0.393 e. The quantitative estimate of drug-likeness (QED) is 0.461. The Balaban J connectivity index is 1.88. The van der Waals surface area contributed by atoms with Gasteiger partial charge in [0.25, 0.3) is 0 Å². The lowest BCUT2D eigenvalue weighted by molar-refractivity contribution is 0.630. The lowest BCUT2D eigenvalue weighted by atomic mass is 10.00. The number of halogens is 1. The number of fused-ring (bicyclic) bond motifs is 1. The number of benzene rings is 2. The maximum absolute atomic E-state index is 14.3. The summed E-state index contributed by atoms with van der Waals surface area (Å²) in [6.45, 7) is 0. The average Bonchev–Trinajstić information content (AvgIpc) is 3.21. The fourth-order valence-corrected chi connectivity index (χ4v) is 3.14. The smallest absolute Gasteiger partial charge is 0.132 e. The van der Waals surface area contributed by atoms with Gasteiger partial charge in [0.1, 0.15) is 17.8 Å². The molecule has 7 heteroatoms. The zero-order valence-corrected chi connectivity index (χ0v) is 15.1. The lowest BCUT2D eigenvalue weighted by Gasteiger charge is -2.08. The monoisotopic (exact) mass is 372 g/mol. The fourth-order valence-electron chi connectivity index (χ4n) is 3.14. The van der Waals surface area contributed by atoms with Gasteiger partial charge < -0.3 is 10.7 Å². The summed E-state index contributed by atoms with van der Waals surface area (Å²) in [5.41, 5.74) is 4.60. The number of allylic oxidation sites excluding steroid dienone is 1. The molecule has 2 aromatic carbocycles. The number of hydrogen-bond acceptors (Lipinski definition) is 5. The van der Waals surface area contributed by atoms with Gasteiger partial charge in [-0.05, 0) is 29.8 Å². The van der Waals surface area contributed by atoms with Crippen LogP contribution in [0.25, 0.3) is 39.0 Å². The Kier molecular flexibility index (Phi) is 4.63. The van der Waals surface area contributed by atoms with Crippen molar-refractivity contribution in [2.24, 2.45) is 0 Å². The van der Waals surface area contributed by atoms with E-state index in [9.17, 15) is 4.39 Å². The number of rotatable bonds is 5. The molecule has 0 aliphatic rings. The summed E-state index contributed by atoms with van der Waals surface area (Å²) in [5, 5.41) is 18.4. The Morgan fingerprint density at radius 3 is 2.75 bits per heavy atom. The maximum atomic E-state index is 14.3. The molecular weight excluding hydrogens is 355 g/mol. The van der Waals surface area contributed by atoms with Crippen molar-refractivity contribution < 1.29 is 4.39 Å². The first-order chi connectivity index (χ1) is 13.7. The van der Waals surface area contributed by atoms with Crippen molar-refractivity contribution in [2.75, 3.05) is 7.05 Å². The van der Waals surface area contributed by atoms with Crippen molar-refractivity contribution in [3.05, 3.63) is 72.6 Å². The molecule has 0 bridgehead atoms. The van der Waals surface area contributed by atoms with Crippen LogP contribution in [-0.4, -0.2) is 33.4 Å². The number of H-pyrrole nitrogens is 1. The molecule has 2 heterocycles. The Hall–Kier alpha value is -3.87. The molecule has 0 saturated heterocycles. The van der Waals surface area contributed by atoms with Crippen molar-refractivity contribution >= 4 is 22.7 Å². The van der Waals surface area contributed by atoms with Crippen LogP contribution in [0.15, 0.2) is 61.2 Å². The second-order valence-corrected chi connectivity index (χ2v) is 6.11. The van der Waals surface area contributed by atoms with Gasteiger partial charge in [0.05, 0.1) is 11.2 Å². The fraction of sp³-hybridized carbons (Fsp3) is 0.0476. The third-order valence-electron chi connectivity index (χ3n) is 4.45. The molecule has 28 heavy (non-hydrogen) atoms. The third kappa shape index (κ3) is 3.03. The maximum Gasteiger partial charge on any atom is 0.132 e. The standard InChI is InChI=1S/C21H17FN6/c1-24-10-14(9-23)13-6-7-16-19(8-13)25-12-26-20(16)17-11-27-28-21(17)15-4-2-3-5-18(15)22/h2-12,23-24H,1H3,(H,27,28)/b14-10+,23-9?. The molecule has 0 aliphatic carbocycles. The molecule has 3 N–H and O–H groups in total. The first kappa shape index (κ1) is 17.5. The summed E-state index contributed by atoms with van der Waals surface area (Å²) in [4.78, 5) is 8.80. The van der Waals surface area contributed by atoms with E-state index in [4.69, 9.17) is 5.41 Å². The van der Waals surface area contributed by atoms with Crippen LogP contribution in [-0.2, 0) is 0 Å². The van der Waals surface area contributed by atoms with E-state index >= 15 is 0 Å². The van der Waals surface area contributed by atoms with E-state index in [0.29, 0.717) is 22.5 Å². The van der Waals surface area contributed by atoms with Crippen LogP contribution >= 0.6 is 0 Å². The van der Waals surface area contributed by atoms with Gasteiger partial charge in [0.15, 0.2) is 0 Å². The van der Waals surface area contributed by atoms with Crippen molar-refractivity contribution in [3.63, 3.8) is 0 Å². The number of aromatic amines is 1. The molecule has 0 radical (unpaired) electrons. The summed E-state index contributed by atoms with van der Waals surface area (Å²) in [5.74, 6) is -0.343. The van der Waals surface area contributed by atoms with Gasteiger partial charge in [-0.3, -0.25) is 5.10 Å². The van der Waals surface area contributed by atoms with E-state index in [1.165, 1.54) is 18.6 Å². The molecule has 0 fully saturated rings. The molecule has 6 nitrogen and oxygen atoms in total. The highest BCUT2D eigenvalue weighted by atomic mass is 19.1. The summed E-state index contributed by atoms with van der Waals surface area (Å²) in [6, 6.07) is 12.2. The van der Waals surface area contributed by atoms with E-state index in [-0.39, 0.29) is 5.82 Å². The Labute approximate surface area is 160 Å². The van der Waals surface area contributed by atoms with Crippen LogP contribution < -0.4 is 5.32 Å². The summed E-state index contributed by atoms with van der Waals surface area (Å²) in [6.07, 6.45) is 6.22. The largest absolute Gasteiger partial charge is 0.393 e.